The summed E-state index contributed by atoms with van der Waals surface area (Å²) in [5.41, 5.74) is 0.717. The summed E-state index contributed by atoms with van der Waals surface area (Å²) in [6.45, 7) is 2.16. The van der Waals surface area contributed by atoms with E-state index >= 15 is 0 Å². The summed E-state index contributed by atoms with van der Waals surface area (Å²) < 4.78 is 4.86. The van der Waals surface area contributed by atoms with Crippen LogP contribution in [0, 0.1) is 0 Å². The van der Waals surface area contributed by atoms with Crippen LogP contribution in [0.25, 0.3) is 0 Å². The average Bonchev–Trinajstić information content (AvgIpc) is 2.89. The van der Waals surface area contributed by atoms with Gasteiger partial charge in [-0.3, -0.25) is 4.79 Å². The molecule has 0 bridgehead atoms. The van der Waals surface area contributed by atoms with Crippen molar-refractivity contribution >= 4 is 28.6 Å². The van der Waals surface area contributed by atoms with Crippen molar-refractivity contribution in [1.82, 2.24) is 9.97 Å². The third-order valence-corrected chi connectivity index (χ3v) is 3.81. The Morgan fingerprint density at radius 1 is 1.33 bits per heavy atom. The predicted octanol–water partition coefficient (Wildman–Crippen LogP) is 2.00. The molecule has 0 aromatic carbocycles. The molecule has 2 rings (SSSR count). The fourth-order valence-electron chi connectivity index (χ4n) is 1.38. The van der Waals surface area contributed by atoms with E-state index in [0.717, 1.165) is 10.0 Å². The summed E-state index contributed by atoms with van der Waals surface area (Å²) >= 11 is 2.87. The first kappa shape index (κ1) is 13.0. The first-order valence-corrected chi connectivity index (χ1v) is 7.15. The van der Waals surface area contributed by atoms with Crippen LogP contribution in [0.2, 0.25) is 0 Å². The van der Waals surface area contributed by atoms with Crippen LogP contribution in [-0.4, -0.2) is 27.7 Å². The Kier molecular flexibility index (Phi) is 4.27. The highest BCUT2D eigenvalue weighted by atomic mass is 32.1. The minimum Gasteiger partial charge on any atom is -0.493 e. The second-order valence-corrected chi connectivity index (χ2v) is 5.38. The van der Waals surface area contributed by atoms with Gasteiger partial charge in [0, 0.05) is 5.38 Å². The van der Waals surface area contributed by atoms with Gasteiger partial charge in [-0.25, -0.2) is 9.97 Å². The summed E-state index contributed by atoms with van der Waals surface area (Å²) in [6, 6.07) is 0. The van der Waals surface area contributed by atoms with Crippen molar-refractivity contribution in [3.8, 4) is 5.88 Å². The highest BCUT2D eigenvalue weighted by Gasteiger charge is 2.10. The van der Waals surface area contributed by atoms with E-state index in [9.17, 15) is 4.79 Å². The van der Waals surface area contributed by atoms with Crippen molar-refractivity contribution < 1.29 is 14.6 Å². The molecule has 0 atom stereocenters. The standard InChI is InChI=1S/C11H12N2O3S2/c1-2-16-11(15)3-7-5-17-9(12-7)4-10-13-8(14)6-18-10/h5-6,14H,2-4H2,1H3. The van der Waals surface area contributed by atoms with Crippen molar-refractivity contribution in [1.29, 1.82) is 0 Å². The number of esters is 1. The zero-order chi connectivity index (χ0) is 13.0. The summed E-state index contributed by atoms with van der Waals surface area (Å²) in [5, 5.41) is 14.3. The normalized spacial score (nSPS) is 10.5. The van der Waals surface area contributed by atoms with Crippen molar-refractivity contribution in [3.63, 3.8) is 0 Å². The van der Waals surface area contributed by atoms with Crippen LogP contribution in [0.4, 0.5) is 0 Å². The van der Waals surface area contributed by atoms with E-state index in [1.165, 1.54) is 22.7 Å². The number of aromatic nitrogens is 2. The van der Waals surface area contributed by atoms with Gasteiger partial charge in [-0.1, -0.05) is 0 Å². The third kappa shape index (κ3) is 3.51. The molecule has 2 aromatic rings. The molecule has 7 heteroatoms. The SMILES string of the molecule is CCOC(=O)Cc1csc(Cc2nc(O)cs2)n1. The maximum Gasteiger partial charge on any atom is 0.311 e. The molecule has 5 nitrogen and oxygen atoms in total. The molecule has 0 aliphatic carbocycles. The van der Waals surface area contributed by atoms with Gasteiger partial charge in [0.05, 0.1) is 35.5 Å². The summed E-state index contributed by atoms with van der Waals surface area (Å²) in [7, 11) is 0. The van der Waals surface area contributed by atoms with Crippen LogP contribution in [0.15, 0.2) is 10.8 Å². The lowest BCUT2D eigenvalue weighted by molar-refractivity contribution is -0.142. The van der Waals surface area contributed by atoms with E-state index in [4.69, 9.17) is 9.84 Å². The fraction of sp³-hybridized carbons (Fsp3) is 0.364. The van der Waals surface area contributed by atoms with Gasteiger partial charge < -0.3 is 9.84 Å². The minimum absolute atomic E-state index is 0.0401. The van der Waals surface area contributed by atoms with E-state index in [1.54, 1.807) is 12.3 Å². The van der Waals surface area contributed by atoms with Crippen LogP contribution in [-0.2, 0) is 22.4 Å². The third-order valence-electron chi connectivity index (χ3n) is 2.07. The van der Waals surface area contributed by atoms with Gasteiger partial charge >= 0.3 is 5.97 Å². The number of hydrogen-bond acceptors (Lipinski definition) is 7. The molecule has 0 amide bonds. The van der Waals surface area contributed by atoms with Crippen LogP contribution >= 0.6 is 22.7 Å². The lowest BCUT2D eigenvalue weighted by Gasteiger charge is -1.97. The number of rotatable bonds is 5. The smallest absolute Gasteiger partial charge is 0.311 e. The molecule has 2 aromatic heterocycles. The zero-order valence-corrected chi connectivity index (χ0v) is 11.4. The van der Waals surface area contributed by atoms with Crippen LogP contribution < -0.4 is 0 Å². The van der Waals surface area contributed by atoms with Gasteiger partial charge in [0.15, 0.2) is 0 Å². The first-order chi connectivity index (χ1) is 8.67. The number of hydrogen-bond donors (Lipinski definition) is 1. The second-order valence-electron chi connectivity index (χ2n) is 3.49. The van der Waals surface area contributed by atoms with E-state index in [-0.39, 0.29) is 18.3 Å². The molecule has 0 spiro atoms. The lowest BCUT2D eigenvalue weighted by Crippen LogP contribution is -2.07. The Bertz CT molecular complexity index is 536. The Hall–Kier alpha value is -1.47. The number of carbonyl (C=O) groups is 1. The highest BCUT2D eigenvalue weighted by molar-refractivity contribution is 7.11. The largest absolute Gasteiger partial charge is 0.493 e. The molecule has 0 unspecified atom stereocenters. The molecule has 18 heavy (non-hydrogen) atoms. The topological polar surface area (TPSA) is 72.3 Å². The Balaban J connectivity index is 1.95. The lowest BCUT2D eigenvalue weighted by atomic mass is 10.3. The molecular weight excluding hydrogens is 272 g/mol. The predicted molar refractivity (Wildman–Crippen MR) is 69.0 cm³/mol. The summed E-state index contributed by atoms with van der Waals surface area (Å²) in [6.07, 6.45) is 0.784. The van der Waals surface area contributed by atoms with E-state index in [0.29, 0.717) is 18.7 Å². The molecule has 96 valence electrons. The maximum atomic E-state index is 11.3. The molecule has 0 radical (unpaired) electrons. The van der Waals surface area contributed by atoms with Gasteiger partial charge in [0.2, 0.25) is 5.88 Å². The average molecular weight is 284 g/mol. The molecular formula is C11H12N2O3S2. The van der Waals surface area contributed by atoms with Crippen molar-refractivity contribution in [2.75, 3.05) is 6.61 Å². The molecule has 0 saturated carbocycles. The molecule has 2 heterocycles. The summed E-state index contributed by atoms with van der Waals surface area (Å²) in [5.74, 6) is -0.223. The number of carbonyl (C=O) groups excluding carboxylic acids is 1. The van der Waals surface area contributed by atoms with Gasteiger partial charge in [0.1, 0.15) is 5.01 Å². The van der Waals surface area contributed by atoms with E-state index in [1.807, 2.05) is 5.38 Å². The first-order valence-electron chi connectivity index (χ1n) is 5.39. The number of ether oxygens (including phenoxy) is 1. The summed E-state index contributed by atoms with van der Waals surface area (Å²) in [4.78, 5) is 19.6. The van der Waals surface area contributed by atoms with Gasteiger partial charge in [0.25, 0.3) is 0 Å². The molecule has 0 aliphatic heterocycles. The van der Waals surface area contributed by atoms with Crippen molar-refractivity contribution in [2.45, 2.75) is 19.8 Å². The Labute approximate surface area is 112 Å². The van der Waals surface area contributed by atoms with Gasteiger partial charge in [-0.2, -0.15) is 0 Å². The molecule has 0 fully saturated rings. The van der Waals surface area contributed by atoms with Crippen molar-refractivity contribution in [2.24, 2.45) is 0 Å². The van der Waals surface area contributed by atoms with Crippen LogP contribution in [0.5, 0.6) is 5.88 Å². The Morgan fingerprint density at radius 3 is 2.72 bits per heavy atom. The minimum atomic E-state index is -0.263. The fourth-order valence-corrected chi connectivity index (χ4v) is 2.93. The molecule has 1 N–H and O–H groups in total. The number of thiazole rings is 2. The number of nitrogens with zero attached hydrogens (tertiary/aromatic N) is 2. The molecule has 0 saturated heterocycles. The highest BCUT2D eigenvalue weighted by Crippen LogP contribution is 2.20. The number of aromatic hydroxyl groups is 1. The van der Waals surface area contributed by atoms with Crippen molar-refractivity contribution in [3.05, 3.63) is 26.5 Å². The van der Waals surface area contributed by atoms with E-state index < -0.39 is 0 Å². The van der Waals surface area contributed by atoms with Gasteiger partial charge in [-0.05, 0) is 6.92 Å². The maximum absolute atomic E-state index is 11.3. The zero-order valence-electron chi connectivity index (χ0n) is 9.75. The van der Waals surface area contributed by atoms with Crippen LogP contribution in [0.1, 0.15) is 22.6 Å². The monoisotopic (exact) mass is 284 g/mol. The quantitative estimate of drug-likeness (QED) is 0.850. The molecule has 0 aliphatic rings. The second kappa shape index (κ2) is 5.92. The van der Waals surface area contributed by atoms with E-state index in [2.05, 4.69) is 9.97 Å². The Morgan fingerprint density at radius 2 is 2.06 bits per heavy atom. The van der Waals surface area contributed by atoms with Crippen LogP contribution in [0.3, 0.4) is 0 Å². The van der Waals surface area contributed by atoms with Gasteiger partial charge in [-0.15, -0.1) is 22.7 Å².